The normalized spacial score (nSPS) is 18.9. The maximum Gasteiger partial charge on any atom is 0.247 e. The number of halogens is 1. The van der Waals surface area contributed by atoms with Crippen molar-refractivity contribution >= 4 is 23.2 Å². The summed E-state index contributed by atoms with van der Waals surface area (Å²) in [7, 11) is 0. The minimum absolute atomic E-state index is 0.155. The summed E-state index contributed by atoms with van der Waals surface area (Å²) < 4.78 is 13.0. The Balaban J connectivity index is 2.07. The van der Waals surface area contributed by atoms with E-state index in [1.807, 2.05) is 0 Å². The SMILES string of the molecule is Nc1ccc(F)cc1NC(=O)[C@H]1CCC(=O)N1. The Labute approximate surface area is 97.2 Å². The molecule has 0 aromatic heterocycles. The Morgan fingerprint density at radius 1 is 1.53 bits per heavy atom. The number of nitrogen functional groups attached to an aromatic ring is 1. The third-order valence-corrected chi connectivity index (χ3v) is 2.58. The second-order valence-electron chi connectivity index (χ2n) is 3.88. The van der Waals surface area contributed by atoms with Gasteiger partial charge >= 0.3 is 0 Å². The largest absolute Gasteiger partial charge is 0.397 e. The summed E-state index contributed by atoms with van der Waals surface area (Å²) in [6.07, 6.45) is 0.774. The molecule has 0 bridgehead atoms. The Bertz CT molecular complexity index is 476. The molecule has 1 aromatic rings. The number of nitrogens with one attached hydrogen (secondary N) is 2. The molecule has 90 valence electrons. The summed E-state index contributed by atoms with van der Waals surface area (Å²) in [5.74, 6) is -1.02. The average Bonchev–Trinajstić information content (AvgIpc) is 2.70. The summed E-state index contributed by atoms with van der Waals surface area (Å²) >= 11 is 0. The smallest absolute Gasteiger partial charge is 0.247 e. The van der Waals surface area contributed by atoms with E-state index >= 15 is 0 Å². The van der Waals surface area contributed by atoms with Gasteiger partial charge in [0.05, 0.1) is 11.4 Å². The topological polar surface area (TPSA) is 84.2 Å². The lowest BCUT2D eigenvalue weighted by Gasteiger charge is -2.12. The third-order valence-electron chi connectivity index (χ3n) is 2.58. The van der Waals surface area contributed by atoms with Crippen molar-refractivity contribution in [2.24, 2.45) is 0 Å². The lowest BCUT2D eigenvalue weighted by Crippen LogP contribution is -2.37. The highest BCUT2D eigenvalue weighted by Gasteiger charge is 2.27. The number of anilines is 2. The monoisotopic (exact) mass is 237 g/mol. The van der Waals surface area contributed by atoms with E-state index in [0.29, 0.717) is 12.8 Å². The van der Waals surface area contributed by atoms with Crippen LogP contribution in [-0.4, -0.2) is 17.9 Å². The van der Waals surface area contributed by atoms with Gasteiger partial charge in [0.2, 0.25) is 11.8 Å². The van der Waals surface area contributed by atoms with Gasteiger partial charge in [-0.25, -0.2) is 4.39 Å². The van der Waals surface area contributed by atoms with Gasteiger partial charge in [0.15, 0.2) is 0 Å². The molecule has 4 N–H and O–H groups in total. The Morgan fingerprint density at radius 3 is 2.94 bits per heavy atom. The zero-order valence-corrected chi connectivity index (χ0v) is 9.00. The van der Waals surface area contributed by atoms with Gasteiger partial charge in [-0.15, -0.1) is 0 Å². The van der Waals surface area contributed by atoms with Crippen molar-refractivity contribution in [1.29, 1.82) is 0 Å². The van der Waals surface area contributed by atoms with Crippen molar-refractivity contribution in [2.75, 3.05) is 11.1 Å². The molecule has 17 heavy (non-hydrogen) atoms. The van der Waals surface area contributed by atoms with E-state index in [2.05, 4.69) is 10.6 Å². The molecule has 1 aromatic carbocycles. The number of hydrogen-bond acceptors (Lipinski definition) is 3. The third kappa shape index (κ3) is 2.52. The fourth-order valence-electron chi connectivity index (χ4n) is 1.67. The summed E-state index contributed by atoms with van der Waals surface area (Å²) in [4.78, 5) is 22.7. The predicted molar refractivity (Wildman–Crippen MR) is 60.6 cm³/mol. The minimum Gasteiger partial charge on any atom is -0.397 e. The van der Waals surface area contributed by atoms with Gasteiger partial charge in [-0.1, -0.05) is 0 Å². The first-order valence-electron chi connectivity index (χ1n) is 5.21. The molecule has 1 heterocycles. The van der Waals surface area contributed by atoms with Crippen molar-refractivity contribution in [2.45, 2.75) is 18.9 Å². The van der Waals surface area contributed by atoms with Gasteiger partial charge in [-0.05, 0) is 24.6 Å². The van der Waals surface area contributed by atoms with Crippen LogP contribution in [0.5, 0.6) is 0 Å². The minimum atomic E-state index is -0.565. The van der Waals surface area contributed by atoms with E-state index in [0.717, 1.165) is 6.07 Å². The van der Waals surface area contributed by atoms with Crippen LogP contribution in [0.15, 0.2) is 18.2 Å². The quantitative estimate of drug-likeness (QED) is 0.659. The fraction of sp³-hybridized carbons (Fsp3) is 0.273. The van der Waals surface area contributed by atoms with Crippen LogP contribution < -0.4 is 16.4 Å². The maximum atomic E-state index is 13.0. The molecule has 1 atom stereocenters. The first kappa shape index (κ1) is 11.4. The van der Waals surface area contributed by atoms with Crippen molar-refractivity contribution in [3.05, 3.63) is 24.0 Å². The van der Waals surface area contributed by atoms with Crippen molar-refractivity contribution in [3.8, 4) is 0 Å². The zero-order chi connectivity index (χ0) is 12.4. The number of rotatable bonds is 2. The van der Waals surface area contributed by atoms with Gasteiger partial charge in [-0.2, -0.15) is 0 Å². The van der Waals surface area contributed by atoms with E-state index in [-0.39, 0.29) is 23.2 Å². The lowest BCUT2D eigenvalue weighted by atomic mass is 10.2. The molecule has 1 aliphatic heterocycles. The van der Waals surface area contributed by atoms with Gasteiger partial charge in [0.25, 0.3) is 0 Å². The molecule has 2 rings (SSSR count). The van der Waals surface area contributed by atoms with Crippen LogP contribution in [0.2, 0.25) is 0 Å². The van der Waals surface area contributed by atoms with Crippen LogP contribution >= 0.6 is 0 Å². The molecule has 1 aliphatic rings. The fourth-order valence-corrected chi connectivity index (χ4v) is 1.67. The molecule has 1 fully saturated rings. The molecule has 0 radical (unpaired) electrons. The van der Waals surface area contributed by atoms with Crippen molar-refractivity contribution in [3.63, 3.8) is 0 Å². The average molecular weight is 237 g/mol. The summed E-state index contributed by atoms with van der Waals surface area (Å²) in [5.41, 5.74) is 6.10. The van der Waals surface area contributed by atoms with Crippen LogP contribution in [0.4, 0.5) is 15.8 Å². The predicted octanol–water partition coefficient (Wildman–Crippen LogP) is 0.625. The standard InChI is InChI=1S/C11H12FN3O2/c12-6-1-2-7(13)9(5-6)15-11(17)8-3-4-10(16)14-8/h1-2,5,8H,3-4,13H2,(H,14,16)(H,15,17)/t8-/m1/s1. The lowest BCUT2D eigenvalue weighted by molar-refractivity contribution is -0.122. The Hall–Kier alpha value is -2.11. The van der Waals surface area contributed by atoms with E-state index in [1.165, 1.54) is 12.1 Å². The van der Waals surface area contributed by atoms with E-state index in [4.69, 9.17) is 5.73 Å². The molecular weight excluding hydrogens is 225 g/mol. The summed E-state index contributed by atoms with van der Waals surface area (Å²) in [6, 6.07) is 3.16. The molecule has 2 amide bonds. The number of hydrogen-bond donors (Lipinski definition) is 3. The molecule has 0 unspecified atom stereocenters. The second-order valence-corrected chi connectivity index (χ2v) is 3.88. The number of amides is 2. The number of carbonyl (C=O) groups is 2. The summed E-state index contributed by atoms with van der Waals surface area (Å²) in [5, 5.41) is 5.02. The highest BCUT2D eigenvalue weighted by Crippen LogP contribution is 2.20. The van der Waals surface area contributed by atoms with E-state index in [9.17, 15) is 14.0 Å². The van der Waals surface area contributed by atoms with Crippen molar-refractivity contribution < 1.29 is 14.0 Å². The molecule has 0 saturated carbocycles. The van der Waals surface area contributed by atoms with Crippen LogP contribution in [0.25, 0.3) is 0 Å². The molecule has 0 spiro atoms. The molecular formula is C11H12FN3O2. The van der Waals surface area contributed by atoms with Gasteiger partial charge in [0, 0.05) is 6.42 Å². The number of nitrogens with two attached hydrogens (primary N) is 1. The van der Waals surface area contributed by atoms with Gasteiger partial charge < -0.3 is 16.4 Å². The molecule has 1 saturated heterocycles. The van der Waals surface area contributed by atoms with E-state index in [1.54, 1.807) is 0 Å². The van der Waals surface area contributed by atoms with Crippen molar-refractivity contribution in [1.82, 2.24) is 5.32 Å². The molecule has 0 aliphatic carbocycles. The van der Waals surface area contributed by atoms with E-state index < -0.39 is 11.9 Å². The number of benzene rings is 1. The second kappa shape index (κ2) is 4.40. The first-order chi connectivity index (χ1) is 8.06. The van der Waals surface area contributed by atoms with Crippen LogP contribution in [0, 0.1) is 5.82 Å². The molecule has 5 nitrogen and oxygen atoms in total. The first-order valence-corrected chi connectivity index (χ1v) is 5.21. The van der Waals surface area contributed by atoms with Gasteiger partial charge in [-0.3, -0.25) is 9.59 Å². The van der Waals surface area contributed by atoms with Crippen LogP contribution in [0.1, 0.15) is 12.8 Å². The summed E-state index contributed by atoms with van der Waals surface area (Å²) in [6.45, 7) is 0. The van der Waals surface area contributed by atoms with Crippen LogP contribution in [-0.2, 0) is 9.59 Å². The highest BCUT2D eigenvalue weighted by atomic mass is 19.1. The Morgan fingerprint density at radius 2 is 2.29 bits per heavy atom. The molecule has 6 heteroatoms. The van der Waals surface area contributed by atoms with Gasteiger partial charge in [0.1, 0.15) is 11.9 Å². The number of carbonyl (C=O) groups excluding carboxylic acids is 2. The maximum absolute atomic E-state index is 13.0. The Kier molecular flexibility index (Phi) is 2.95. The van der Waals surface area contributed by atoms with Crippen LogP contribution in [0.3, 0.4) is 0 Å². The zero-order valence-electron chi connectivity index (χ0n) is 9.00. The highest BCUT2D eigenvalue weighted by molar-refractivity contribution is 6.00.